The average molecular weight is 284 g/mol. The highest BCUT2D eigenvalue weighted by Gasteiger charge is 2.08. The molecule has 0 saturated carbocycles. The van der Waals surface area contributed by atoms with Gasteiger partial charge in [0.2, 0.25) is 0 Å². The van der Waals surface area contributed by atoms with Crippen molar-refractivity contribution in [3.8, 4) is 0 Å². The van der Waals surface area contributed by atoms with Gasteiger partial charge in [0.1, 0.15) is 0 Å². The molecular formula is C13H18BrNO. The van der Waals surface area contributed by atoms with Gasteiger partial charge >= 0.3 is 0 Å². The number of amides is 1. The summed E-state index contributed by atoms with van der Waals surface area (Å²) in [5.74, 6) is 0.0103. The molecule has 0 aliphatic heterocycles. The normalized spacial score (nSPS) is 12.2. The van der Waals surface area contributed by atoms with Crippen molar-refractivity contribution < 1.29 is 4.79 Å². The van der Waals surface area contributed by atoms with Crippen LogP contribution in [-0.2, 0) is 6.42 Å². The van der Waals surface area contributed by atoms with Crippen molar-refractivity contribution in [2.75, 3.05) is 5.33 Å². The van der Waals surface area contributed by atoms with E-state index in [4.69, 9.17) is 0 Å². The molecule has 0 aliphatic carbocycles. The molecule has 0 aromatic heterocycles. The van der Waals surface area contributed by atoms with Crippen molar-refractivity contribution in [1.29, 1.82) is 0 Å². The van der Waals surface area contributed by atoms with Crippen molar-refractivity contribution in [2.24, 2.45) is 0 Å². The Kier molecular flexibility index (Phi) is 5.53. The Bertz CT molecular complexity index is 334. The van der Waals surface area contributed by atoms with Crippen molar-refractivity contribution >= 4 is 21.8 Å². The Morgan fingerprint density at radius 1 is 1.38 bits per heavy atom. The molecule has 0 fully saturated rings. The summed E-state index contributed by atoms with van der Waals surface area (Å²) in [7, 11) is 0. The van der Waals surface area contributed by atoms with Crippen molar-refractivity contribution in [3.05, 3.63) is 35.4 Å². The van der Waals surface area contributed by atoms with Crippen LogP contribution in [0.2, 0.25) is 0 Å². The van der Waals surface area contributed by atoms with Gasteiger partial charge in [0.25, 0.3) is 5.91 Å². The van der Waals surface area contributed by atoms with Gasteiger partial charge in [0.05, 0.1) is 0 Å². The van der Waals surface area contributed by atoms with Crippen LogP contribution in [0.25, 0.3) is 0 Å². The van der Waals surface area contributed by atoms with Crippen molar-refractivity contribution in [2.45, 2.75) is 32.7 Å². The number of hydrogen-bond acceptors (Lipinski definition) is 1. The zero-order valence-corrected chi connectivity index (χ0v) is 11.4. The van der Waals surface area contributed by atoms with Crippen LogP contribution >= 0.6 is 15.9 Å². The highest BCUT2D eigenvalue weighted by atomic mass is 79.9. The summed E-state index contributed by atoms with van der Waals surface area (Å²) >= 11 is 3.36. The van der Waals surface area contributed by atoms with E-state index >= 15 is 0 Å². The molecule has 3 heteroatoms. The van der Waals surface area contributed by atoms with Gasteiger partial charge in [-0.2, -0.15) is 0 Å². The molecule has 1 rings (SSSR count). The Morgan fingerprint density at radius 2 is 2.00 bits per heavy atom. The number of benzene rings is 1. The van der Waals surface area contributed by atoms with Gasteiger partial charge < -0.3 is 5.32 Å². The third kappa shape index (κ3) is 3.97. The highest BCUT2D eigenvalue weighted by Crippen LogP contribution is 2.06. The zero-order chi connectivity index (χ0) is 12.0. The lowest BCUT2D eigenvalue weighted by Gasteiger charge is -2.12. The molecule has 2 nitrogen and oxygen atoms in total. The molecule has 1 unspecified atom stereocenters. The number of carbonyl (C=O) groups is 1. The van der Waals surface area contributed by atoms with Gasteiger partial charge in [-0.15, -0.1) is 0 Å². The SMILES string of the molecule is CCc1ccc(C(=O)NC(C)CCBr)cc1. The second kappa shape index (κ2) is 6.69. The number of halogens is 1. The van der Waals surface area contributed by atoms with Crippen LogP contribution in [-0.4, -0.2) is 17.3 Å². The number of hydrogen-bond donors (Lipinski definition) is 1. The molecule has 1 amide bonds. The van der Waals surface area contributed by atoms with Crippen LogP contribution in [0.15, 0.2) is 24.3 Å². The van der Waals surface area contributed by atoms with E-state index in [9.17, 15) is 4.79 Å². The Morgan fingerprint density at radius 3 is 2.50 bits per heavy atom. The first-order chi connectivity index (χ1) is 7.67. The lowest BCUT2D eigenvalue weighted by molar-refractivity contribution is 0.0939. The molecule has 0 saturated heterocycles. The first-order valence-corrected chi connectivity index (χ1v) is 6.75. The van der Waals surface area contributed by atoms with Gasteiger partial charge in [-0.25, -0.2) is 0 Å². The maximum atomic E-state index is 11.8. The third-order valence-electron chi connectivity index (χ3n) is 2.54. The van der Waals surface area contributed by atoms with Crippen molar-refractivity contribution in [3.63, 3.8) is 0 Å². The van der Waals surface area contributed by atoms with Crippen LogP contribution in [0.1, 0.15) is 36.2 Å². The second-order valence-electron chi connectivity index (χ2n) is 3.90. The Hall–Kier alpha value is -0.830. The quantitative estimate of drug-likeness (QED) is 0.827. The number of alkyl halides is 1. The van der Waals surface area contributed by atoms with E-state index in [1.54, 1.807) is 0 Å². The molecule has 1 atom stereocenters. The molecule has 1 aromatic rings. The van der Waals surface area contributed by atoms with Gasteiger partial charge in [-0.1, -0.05) is 35.0 Å². The zero-order valence-electron chi connectivity index (χ0n) is 9.79. The third-order valence-corrected chi connectivity index (χ3v) is 3.00. The van der Waals surface area contributed by atoms with Gasteiger partial charge in [0.15, 0.2) is 0 Å². The topological polar surface area (TPSA) is 29.1 Å². The van der Waals surface area contributed by atoms with Crippen LogP contribution in [0.4, 0.5) is 0 Å². The predicted molar refractivity (Wildman–Crippen MR) is 71.2 cm³/mol. The van der Waals surface area contributed by atoms with E-state index in [0.717, 1.165) is 23.7 Å². The Balaban J connectivity index is 2.59. The fourth-order valence-corrected chi connectivity index (χ4v) is 2.12. The number of carbonyl (C=O) groups excluding carboxylic acids is 1. The van der Waals surface area contributed by atoms with E-state index in [0.29, 0.717) is 0 Å². The number of rotatable bonds is 5. The summed E-state index contributed by atoms with van der Waals surface area (Å²) in [5, 5.41) is 3.87. The smallest absolute Gasteiger partial charge is 0.251 e. The van der Waals surface area contributed by atoms with Crippen LogP contribution in [0, 0.1) is 0 Å². The summed E-state index contributed by atoms with van der Waals surface area (Å²) in [6.45, 7) is 4.12. The largest absolute Gasteiger partial charge is 0.350 e. The molecule has 0 radical (unpaired) electrons. The van der Waals surface area contributed by atoms with Gasteiger partial charge in [-0.3, -0.25) is 4.79 Å². The molecule has 88 valence electrons. The number of aryl methyl sites for hydroxylation is 1. The Labute approximate surface area is 106 Å². The molecule has 0 heterocycles. The maximum absolute atomic E-state index is 11.8. The van der Waals surface area contributed by atoms with E-state index in [2.05, 4.69) is 28.2 Å². The molecule has 1 aromatic carbocycles. The summed E-state index contributed by atoms with van der Waals surface area (Å²) in [4.78, 5) is 11.8. The predicted octanol–water partition coefficient (Wildman–Crippen LogP) is 3.15. The van der Waals surface area contributed by atoms with E-state index < -0.39 is 0 Å². The minimum absolute atomic E-state index is 0.0103. The minimum Gasteiger partial charge on any atom is -0.350 e. The minimum atomic E-state index is 0.0103. The van der Waals surface area contributed by atoms with Gasteiger partial charge in [-0.05, 0) is 37.5 Å². The lowest BCUT2D eigenvalue weighted by Crippen LogP contribution is -2.32. The standard InChI is InChI=1S/C13H18BrNO/c1-3-11-4-6-12(7-5-11)13(16)15-10(2)8-9-14/h4-7,10H,3,8-9H2,1-2H3,(H,15,16). The van der Waals surface area contributed by atoms with Crippen LogP contribution in [0.3, 0.4) is 0 Å². The molecule has 0 spiro atoms. The molecule has 0 bridgehead atoms. The van der Waals surface area contributed by atoms with Crippen LogP contribution in [0.5, 0.6) is 0 Å². The summed E-state index contributed by atoms with van der Waals surface area (Å²) in [6.07, 6.45) is 1.95. The van der Waals surface area contributed by atoms with E-state index in [1.807, 2.05) is 31.2 Å². The van der Waals surface area contributed by atoms with E-state index in [1.165, 1.54) is 5.56 Å². The summed E-state index contributed by atoms with van der Waals surface area (Å²) < 4.78 is 0. The highest BCUT2D eigenvalue weighted by molar-refractivity contribution is 9.09. The van der Waals surface area contributed by atoms with E-state index in [-0.39, 0.29) is 11.9 Å². The van der Waals surface area contributed by atoms with Gasteiger partial charge in [0, 0.05) is 16.9 Å². The summed E-state index contributed by atoms with van der Waals surface area (Å²) in [5.41, 5.74) is 1.99. The molecule has 16 heavy (non-hydrogen) atoms. The fourth-order valence-electron chi connectivity index (χ4n) is 1.43. The molecule has 0 aliphatic rings. The van der Waals surface area contributed by atoms with Crippen LogP contribution < -0.4 is 5.32 Å². The first kappa shape index (κ1) is 13.2. The second-order valence-corrected chi connectivity index (χ2v) is 4.70. The monoisotopic (exact) mass is 283 g/mol. The van der Waals surface area contributed by atoms with Crippen molar-refractivity contribution in [1.82, 2.24) is 5.32 Å². The summed E-state index contributed by atoms with van der Waals surface area (Å²) in [6, 6.07) is 7.98. The maximum Gasteiger partial charge on any atom is 0.251 e. The first-order valence-electron chi connectivity index (χ1n) is 5.63. The lowest BCUT2D eigenvalue weighted by atomic mass is 10.1. The molecular weight excluding hydrogens is 266 g/mol. The fraction of sp³-hybridized carbons (Fsp3) is 0.462. The average Bonchev–Trinajstić information content (AvgIpc) is 2.29. The molecule has 1 N–H and O–H groups in total. The number of nitrogens with one attached hydrogen (secondary N) is 1.